The highest BCUT2D eigenvalue weighted by Crippen LogP contribution is 2.42. The zero-order valence-electron chi connectivity index (χ0n) is 18.4. The number of benzene rings is 1. The number of nitrogens with one attached hydrogen (secondary N) is 1. The minimum atomic E-state index is -3.75. The molecule has 2 aromatic heterocycles. The molecule has 9 nitrogen and oxygen atoms in total. The summed E-state index contributed by atoms with van der Waals surface area (Å²) < 4.78 is 38.9. The van der Waals surface area contributed by atoms with Gasteiger partial charge in [-0.15, -0.1) is 0 Å². The fourth-order valence-corrected chi connectivity index (χ4v) is 4.68. The molecule has 10 heteroatoms. The standard InChI is InChI=1S/C23H26N4O5S/c1-33(29,30)26-23(28)18-13-19(32-14-17-11-6-12-31-17)20-21(15-7-5-8-15)25-27(22(20)24-18)16-9-3-2-4-10-16/h2-4,9-10,13,15,17H,5-8,11-12,14H2,1H3,(H,26,28). The van der Waals surface area contributed by atoms with Crippen LogP contribution in [0.2, 0.25) is 0 Å². The van der Waals surface area contributed by atoms with Crippen molar-refractivity contribution in [2.45, 2.75) is 44.1 Å². The Morgan fingerprint density at radius 1 is 1.21 bits per heavy atom. The number of sulfonamides is 1. The molecule has 1 saturated carbocycles. The summed E-state index contributed by atoms with van der Waals surface area (Å²) in [6, 6.07) is 11.1. The third-order valence-electron chi connectivity index (χ3n) is 6.08. The molecule has 1 unspecified atom stereocenters. The van der Waals surface area contributed by atoms with Crippen LogP contribution in [0.15, 0.2) is 36.4 Å². The largest absolute Gasteiger partial charge is 0.490 e. The van der Waals surface area contributed by atoms with Gasteiger partial charge in [0.1, 0.15) is 18.1 Å². The van der Waals surface area contributed by atoms with Gasteiger partial charge < -0.3 is 9.47 Å². The quantitative estimate of drug-likeness (QED) is 0.565. The predicted octanol–water partition coefficient (Wildman–Crippen LogP) is 2.94. The number of rotatable bonds is 7. The third-order valence-corrected chi connectivity index (χ3v) is 6.64. The molecule has 33 heavy (non-hydrogen) atoms. The van der Waals surface area contributed by atoms with Crippen LogP contribution in [0.5, 0.6) is 5.75 Å². The van der Waals surface area contributed by atoms with Crippen molar-refractivity contribution >= 4 is 27.0 Å². The zero-order chi connectivity index (χ0) is 23.0. The van der Waals surface area contributed by atoms with Crippen LogP contribution in [0.25, 0.3) is 16.7 Å². The van der Waals surface area contributed by atoms with Gasteiger partial charge in [-0.3, -0.25) is 4.79 Å². The molecule has 1 amide bonds. The predicted molar refractivity (Wildman–Crippen MR) is 122 cm³/mol. The first-order valence-electron chi connectivity index (χ1n) is 11.1. The lowest BCUT2D eigenvalue weighted by Gasteiger charge is -2.24. The lowest BCUT2D eigenvalue weighted by Crippen LogP contribution is -2.30. The second-order valence-electron chi connectivity index (χ2n) is 8.61. The van der Waals surface area contributed by atoms with E-state index in [1.165, 1.54) is 6.07 Å². The van der Waals surface area contributed by atoms with Gasteiger partial charge in [-0.05, 0) is 37.8 Å². The Morgan fingerprint density at radius 3 is 2.64 bits per heavy atom. The summed E-state index contributed by atoms with van der Waals surface area (Å²) in [6.07, 6.45) is 6.01. The number of pyridine rings is 1. The molecule has 2 aliphatic rings. The van der Waals surface area contributed by atoms with Crippen molar-refractivity contribution in [1.29, 1.82) is 0 Å². The van der Waals surface area contributed by atoms with Crippen molar-refractivity contribution < 1.29 is 22.7 Å². The zero-order valence-corrected chi connectivity index (χ0v) is 19.2. The summed E-state index contributed by atoms with van der Waals surface area (Å²) in [5.41, 5.74) is 2.11. The number of ether oxygens (including phenoxy) is 2. The molecule has 1 saturated heterocycles. The molecule has 2 fully saturated rings. The van der Waals surface area contributed by atoms with E-state index in [0.29, 0.717) is 30.5 Å². The van der Waals surface area contributed by atoms with E-state index in [9.17, 15) is 13.2 Å². The van der Waals surface area contributed by atoms with Gasteiger partial charge in [-0.1, -0.05) is 24.6 Å². The van der Waals surface area contributed by atoms with Crippen molar-refractivity contribution in [3.05, 3.63) is 47.8 Å². The van der Waals surface area contributed by atoms with E-state index in [1.807, 2.05) is 35.1 Å². The molecule has 5 rings (SSSR count). The first-order chi connectivity index (χ1) is 15.9. The molecule has 3 aromatic rings. The Hall–Kier alpha value is -2.98. The normalized spacial score (nSPS) is 18.9. The van der Waals surface area contributed by atoms with Gasteiger partial charge in [-0.25, -0.2) is 22.8 Å². The number of carbonyl (C=O) groups is 1. The smallest absolute Gasteiger partial charge is 0.283 e. The Labute approximate surface area is 192 Å². The van der Waals surface area contributed by atoms with Crippen molar-refractivity contribution in [2.24, 2.45) is 0 Å². The topological polar surface area (TPSA) is 112 Å². The maximum absolute atomic E-state index is 12.7. The van der Waals surface area contributed by atoms with Crippen molar-refractivity contribution in [2.75, 3.05) is 19.5 Å². The van der Waals surface area contributed by atoms with Crippen LogP contribution in [0.1, 0.15) is 54.2 Å². The lowest BCUT2D eigenvalue weighted by molar-refractivity contribution is 0.0684. The number of para-hydroxylation sites is 1. The monoisotopic (exact) mass is 470 g/mol. The SMILES string of the molecule is CS(=O)(=O)NC(=O)c1cc(OCC2CCCO2)c2c(C3CCC3)nn(-c3ccccc3)c2n1. The van der Waals surface area contributed by atoms with E-state index in [4.69, 9.17) is 14.6 Å². The summed E-state index contributed by atoms with van der Waals surface area (Å²) in [6.45, 7) is 1.05. The Balaban J connectivity index is 1.66. The minimum Gasteiger partial charge on any atom is -0.490 e. The van der Waals surface area contributed by atoms with Crippen LogP contribution in [-0.4, -0.2) is 54.7 Å². The molecular formula is C23H26N4O5S. The molecular weight excluding hydrogens is 444 g/mol. The molecule has 1 N–H and O–H groups in total. The highest BCUT2D eigenvalue weighted by Gasteiger charge is 2.30. The maximum Gasteiger partial charge on any atom is 0.283 e. The molecule has 1 aromatic carbocycles. The van der Waals surface area contributed by atoms with Crippen LogP contribution < -0.4 is 9.46 Å². The number of carbonyl (C=O) groups excluding carboxylic acids is 1. The third kappa shape index (κ3) is 4.58. The second kappa shape index (κ2) is 8.75. The first-order valence-corrected chi connectivity index (χ1v) is 13.0. The molecule has 0 radical (unpaired) electrons. The van der Waals surface area contributed by atoms with Crippen LogP contribution >= 0.6 is 0 Å². The van der Waals surface area contributed by atoms with Crippen LogP contribution in [0, 0.1) is 0 Å². The van der Waals surface area contributed by atoms with Crippen molar-refractivity contribution in [3.63, 3.8) is 0 Å². The number of hydrogen-bond donors (Lipinski definition) is 1. The van der Waals surface area contributed by atoms with E-state index < -0.39 is 15.9 Å². The number of fused-ring (bicyclic) bond motifs is 1. The molecule has 0 spiro atoms. The van der Waals surface area contributed by atoms with Crippen LogP contribution in [0.3, 0.4) is 0 Å². The Bertz CT molecular complexity index is 1280. The summed E-state index contributed by atoms with van der Waals surface area (Å²) in [5.74, 6) is -0.0503. The van der Waals surface area contributed by atoms with Crippen molar-refractivity contribution in [3.8, 4) is 11.4 Å². The average molecular weight is 471 g/mol. The highest BCUT2D eigenvalue weighted by atomic mass is 32.2. The van der Waals surface area contributed by atoms with E-state index >= 15 is 0 Å². The fraction of sp³-hybridized carbons (Fsp3) is 0.435. The van der Waals surface area contributed by atoms with Gasteiger partial charge in [-0.2, -0.15) is 5.10 Å². The molecule has 1 atom stereocenters. The molecule has 1 aliphatic heterocycles. The van der Waals surface area contributed by atoms with Gasteiger partial charge in [0.15, 0.2) is 5.65 Å². The summed E-state index contributed by atoms with van der Waals surface area (Å²) >= 11 is 0. The summed E-state index contributed by atoms with van der Waals surface area (Å²) in [4.78, 5) is 17.3. The molecule has 0 bridgehead atoms. The van der Waals surface area contributed by atoms with E-state index in [0.717, 1.165) is 55.1 Å². The number of aromatic nitrogens is 3. The van der Waals surface area contributed by atoms with Crippen molar-refractivity contribution in [1.82, 2.24) is 19.5 Å². The van der Waals surface area contributed by atoms with E-state index in [1.54, 1.807) is 4.68 Å². The van der Waals surface area contributed by atoms with Gasteiger partial charge in [0, 0.05) is 18.6 Å². The molecule has 174 valence electrons. The lowest BCUT2D eigenvalue weighted by atomic mass is 9.82. The maximum atomic E-state index is 12.7. The number of hydrogen-bond acceptors (Lipinski definition) is 7. The van der Waals surface area contributed by atoms with Crippen LogP contribution in [-0.2, 0) is 14.8 Å². The van der Waals surface area contributed by atoms with Gasteiger partial charge >= 0.3 is 0 Å². The van der Waals surface area contributed by atoms with E-state index in [2.05, 4.69) is 4.98 Å². The number of nitrogens with zero attached hydrogens (tertiary/aromatic N) is 3. The average Bonchev–Trinajstić information content (AvgIpc) is 3.39. The van der Waals surface area contributed by atoms with Gasteiger partial charge in [0.05, 0.1) is 29.1 Å². The Kier molecular flexibility index (Phi) is 5.79. The summed E-state index contributed by atoms with van der Waals surface area (Å²) in [7, 11) is -3.75. The van der Waals surface area contributed by atoms with E-state index in [-0.39, 0.29) is 11.8 Å². The first kappa shape index (κ1) is 21.8. The minimum absolute atomic E-state index is 0.0159. The number of amides is 1. The second-order valence-corrected chi connectivity index (χ2v) is 10.4. The highest BCUT2D eigenvalue weighted by molar-refractivity contribution is 7.89. The van der Waals surface area contributed by atoms with Gasteiger partial charge in [0.2, 0.25) is 10.0 Å². The van der Waals surface area contributed by atoms with Gasteiger partial charge in [0.25, 0.3) is 5.91 Å². The fourth-order valence-electron chi connectivity index (χ4n) is 4.23. The summed E-state index contributed by atoms with van der Waals surface area (Å²) in [5, 5.41) is 5.65. The Morgan fingerprint density at radius 2 is 2.00 bits per heavy atom. The molecule has 1 aliphatic carbocycles. The van der Waals surface area contributed by atoms with Crippen LogP contribution in [0.4, 0.5) is 0 Å². The molecule has 3 heterocycles.